The molecule has 0 N–H and O–H groups in total. The lowest BCUT2D eigenvalue weighted by Crippen LogP contribution is -2.09. The van der Waals surface area contributed by atoms with Crippen LogP contribution in [0.3, 0.4) is 0 Å². The van der Waals surface area contributed by atoms with Gasteiger partial charge in [0.25, 0.3) is 0 Å². The topological polar surface area (TPSA) is 0 Å². The summed E-state index contributed by atoms with van der Waals surface area (Å²) in [6.07, 6.45) is -2.59. The van der Waals surface area contributed by atoms with Crippen molar-refractivity contribution in [2.45, 2.75) is 31.9 Å². The highest BCUT2D eigenvalue weighted by molar-refractivity contribution is 5.42. The summed E-state index contributed by atoms with van der Waals surface area (Å²) >= 11 is 0. The van der Waals surface area contributed by atoms with E-state index in [-0.39, 0.29) is 5.92 Å². The molecule has 0 amide bonds. The quantitative estimate of drug-likeness (QED) is 0.598. The number of alkyl halides is 3. The van der Waals surface area contributed by atoms with Crippen molar-refractivity contribution in [1.82, 2.24) is 0 Å². The summed E-state index contributed by atoms with van der Waals surface area (Å²) in [6.45, 7) is 1.86. The van der Waals surface area contributed by atoms with E-state index in [0.717, 1.165) is 18.4 Å². The average molecular weight is 200 g/mol. The maximum absolute atomic E-state index is 12.6. The highest BCUT2D eigenvalue weighted by atomic mass is 19.4. The molecule has 0 radical (unpaired) electrons. The Bertz CT molecular complexity index is 352. The number of benzene rings is 1. The molecule has 0 spiro atoms. The predicted molar refractivity (Wildman–Crippen MR) is 48.2 cm³/mol. The van der Waals surface area contributed by atoms with E-state index in [1.807, 2.05) is 6.92 Å². The van der Waals surface area contributed by atoms with Crippen molar-refractivity contribution in [3.05, 3.63) is 34.9 Å². The average Bonchev–Trinajstić information content (AvgIpc) is 2.46. The lowest BCUT2D eigenvalue weighted by atomic mass is 9.97. The SMILES string of the molecule is CC1CCc2cccc(C(F)(F)F)c21. The van der Waals surface area contributed by atoms with Gasteiger partial charge in [-0.25, -0.2) is 0 Å². The van der Waals surface area contributed by atoms with Gasteiger partial charge in [-0.3, -0.25) is 0 Å². The molecule has 1 aromatic rings. The van der Waals surface area contributed by atoms with Gasteiger partial charge in [-0.15, -0.1) is 0 Å². The van der Waals surface area contributed by atoms with Crippen LogP contribution in [-0.2, 0) is 12.6 Å². The Morgan fingerprint density at radius 1 is 1.29 bits per heavy atom. The van der Waals surface area contributed by atoms with Gasteiger partial charge >= 0.3 is 6.18 Å². The molecule has 0 saturated heterocycles. The van der Waals surface area contributed by atoms with Gasteiger partial charge in [0.2, 0.25) is 0 Å². The summed E-state index contributed by atoms with van der Waals surface area (Å²) in [5.74, 6) is 0.0443. The van der Waals surface area contributed by atoms with Crippen molar-refractivity contribution in [2.75, 3.05) is 0 Å². The van der Waals surface area contributed by atoms with E-state index in [0.29, 0.717) is 5.56 Å². The monoisotopic (exact) mass is 200 g/mol. The fourth-order valence-corrected chi connectivity index (χ4v) is 2.18. The van der Waals surface area contributed by atoms with Gasteiger partial charge in [0, 0.05) is 0 Å². The number of hydrogen-bond donors (Lipinski definition) is 0. The van der Waals surface area contributed by atoms with Crippen LogP contribution in [0.4, 0.5) is 13.2 Å². The highest BCUT2D eigenvalue weighted by Gasteiger charge is 2.36. The highest BCUT2D eigenvalue weighted by Crippen LogP contribution is 2.41. The second-order valence-corrected chi connectivity index (χ2v) is 3.82. The van der Waals surface area contributed by atoms with E-state index in [2.05, 4.69) is 0 Å². The molecule has 76 valence electrons. The third kappa shape index (κ3) is 1.41. The first-order chi connectivity index (χ1) is 6.50. The van der Waals surface area contributed by atoms with E-state index < -0.39 is 11.7 Å². The molecular formula is C11H11F3. The normalized spacial score (nSPS) is 21.0. The first-order valence-electron chi connectivity index (χ1n) is 4.69. The van der Waals surface area contributed by atoms with Gasteiger partial charge in [-0.05, 0) is 36.0 Å². The summed E-state index contributed by atoms with van der Waals surface area (Å²) in [5, 5.41) is 0. The fraction of sp³-hybridized carbons (Fsp3) is 0.455. The zero-order chi connectivity index (χ0) is 10.3. The molecule has 3 heteroatoms. The van der Waals surface area contributed by atoms with E-state index in [9.17, 15) is 13.2 Å². The van der Waals surface area contributed by atoms with Gasteiger partial charge in [0.15, 0.2) is 0 Å². The van der Waals surface area contributed by atoms with Crippen LogP contribution in [0.1, 0.15) is 36.0 Å². The second kappa shape index (κ2) is 3.01. The van der Waals surface area contributed by atoms with Crippen molar-refractivity contribution in [3.63, 3.8) is 0 Å². The minimum atomic E-state index is -4.20. The number of halogens is 3. The molecule has 1 aromatic carbocycles. The van der Waals surface area contributed by atoms with Gasteiger partial charge in [0.05, 0.1) is 5.56 Å². The lowest BCUT2D eigenvalue weighted by molar-refractivity contribution is -0.138. The molecule has 0 bridgehead atoms. The Balaban J connectivity index is 2.58. The van der Waals surface area contributed by atoms with Crippen molar-refractivity contribution >= 4 is 0 Å². The first-order valence-corrected chi connectivity index (χ1v) is 4.69. The molecule has 1 unspecified atom stereocenters. The largest absolute Gasteiger partial charge is 0.416 e. The standard InChI is InChI=1S/C11H11F3/c1-7-5-6-8-3-2-4-9(10(7)8)11(12,13)14/h2-4,7H,5-6H2,1H3. The van der Waals surface area contributed by atoms with Crippen LogP contribution < -0.4 is 0 Å². The van der Waals surface area contributed by atoms with Gasteiger partial charge < -0.3 is 0 Å². The number of aryl methyl sites for hydroxylation is 1. The second-order valence-electron chi connectivity index (χ2n) is 3.82. The maximum atomic E-state index is 12.6. The lowest BCUT2D eigenvalue weighted by Gasteiger charge is -2.14. The Labute approximate surface area is 80.7 Å². The van der Waals surface area contributed by atoms with E-state index in [4.69, 9.17) is 0 Å². The molecule has 0 aromatic heterocycles. The molecule has 0 saturated carbocycles. The van der Waals surface area contributed by atoms with E-state index in [1.54, 1.807) is 6.07 Å². The fourth-order valence-electron chi connectivity index (χ4n) is 2.18. The summed E-state index contributed by atoms with van der Waals surface area (Å²) in [6, 6.07) is 4.48. The van der Waals surface area contributed by atoms with Gasteiger partial charge in [-0.1, -0.05) is 19.1 Å². The zero-order valence-corrected chi connectivity index (χ0v) is 7.86. The predicted octanol–water partition coefficient (Wildman–Crippen LogP) is 3.76. The molecule has 0 aliphatic heterocycles. The van der Waals surface area contributed by atoms with Crippen LogP contribution in [0.2, 0.25) is 0 Å². The first kappa shape index (κ1) is 9.56. The summed E-state index contributed by atoms with van der Waals surface area (Å²) in [4.78, 5) is 0. The van der Waals surface area contributed by atoms with Crippen molar-refractivity contribution < 1.29 is 13.2 Å². The molecule has 0 nitrogen and oxygen atoms in total. The van der Waals surface area contributed by atoms with Crippen molar-refractivity contribution in [3.8, 4) is 0 Å². The molecular weight excluding hydrogens is 189 g/mol. The Morgan fingerprint density at radius 2 is 2.00 bits per heavy atom. The van der Waals surface area contributed by atoms with E-state index >= 15 is 0 Å². The van der Waals surface area contributed by atoms with Crippen LogP contribution >= 0.6 is 0 Å². The third-order valence-corrected chi connectivity index (χ3v) is 2.84. The molecule has 2 rings (SSSR count). The number of hydrogen-bond acceptors (Lipinski definition) is 0. The van der Waals surface area contributed by atoms with Gasteiger partial charge in [-0.2, -0.15) is 13.2 Å². The van der Waals surface area contributed by atoms with Crippen LogP contribution in [0, 0.1) is 0 Å². The van der Waals surface area contributed by atoms with Crippen molar-refractivity contribution in [2.24, 2.45) is 0 Å². The van der Waals surface area contributed by atoms with Crippen LogP contribution in [0.15, 0.2) is 18.2 Å². The smallest absolute Gasteiger partial charge is 0.166 e. The Hall–Kier alpha value is -0.990. The molecule has 1 aliphatic carbocycles. The van der Waals surface area contributed by atoms with Gasteiger partial charge in [0.1, 0.15) is 0 Å². The van der Waals surface area contributed by atoms with Crippen molar-refractivity contribution in [1.29, 1.82) is 0 Å². The maximum Gasteiger partial charge on any atom is 0.416 e. The van der Waals surface area contributed by atoms with Crippen LogP contribution in [-0.4, -0.2) is 0 Å². The summed E-state index contributed by atoms with van der Waals surface area (Å²) in [7, 11) is 0. The van der Waals surface area contributed by atoms with Crippen LogP contribution in [0.5, 0.6) is 0 Å². The molecule has 1 aliphatic rings. The Morgan fingerprint density at radius 3 is 2.64 bits per heavy atom. The molecule has 1 atom stereocenters. The third-order valence-electron chi connectivity index (χ3n) is 2.84. The Kier molecular flexibility index (Phi) is 2.05. The zero-order valence-electron chi connectivity index (χ0n) is 7.86. The molecule has 0 heterocycles. The number of rotatable bonds is 0. The van der Waals surface area contributed by atoms with Crippen LogP contribution in [0.25, 0.3) is 0 Å². The minimum absolute atomic E-state index is 0.0443. The summed E-state index contributed by atoms with van der Waals surface area (Å²) < 4.78 is 37.8. The molecule has 0 fully saturated rings. The van der Waals surface area contributed by atoms with E-state index in [1.165, 1.54) is 12.1 Å². The minimum Gasteiger partial charge on any atom is -0.166 e. The molecule has 14 heavy (non-hydrogen) atoms. The number of fused-ring (bicyclic) bond motifs is 1. The summed E-state index contributed by atoms with van der Waals surface area (Å²) in [5.41, 5.74) is 0.937.